The van der Waals surface area contributed by atoms with Gasteiger partial charge >= 0.3 is 0 Å². The zero-order chi connectivity index (χ0) is 13.1. The Kier molecular flexibility index (Phi) is 4.23. The molecule has 2 rings (SSSR count). The molecule has 1 saturated heterocycles. The van der Waals surface area contributed by atoms with Gasteiger partial charge in [-0.15, -0.1) is 0 Å². The predicted molar refractivity (Wildman–Crippen MR) is 74.3 cm³/mol. The smallest absolute Gasteiger partial charge is 0.123 e. The number of nitrogens with two attached hydrogens (primary N) is 1. The summed E-state index contributed by atoms with van der Waals surface area (Å²) < 4.78 is 13.4. The van der Waals surface area contributed by atoms with Gasteiger partial charge < -0.3 is 10.6 Å². The van der Waals surface area contributed by atoms with Gasteiger partial charge in [0.2, 0.25) is 0 Å². The lowest BCUT2D eigenvalue weighted by Gasteiger charge is -2.32. The molecular formula is C15H23FN2. The van der Waals surface area contributed by atoms with Gasteiger partial charge in [0.1, 0.15) is 5.82 Å². The summed E-state index contributed by atoms with van der Waals surface area (Å²) in [6.07, 6.45) is 4.98. The molecule has 18 heavy (non-hydrogen) atoms. The van der Waals surface area contributed by atoms with E-state index in [2.05, 4.69) is 11.8 Å². The van der Waals surface area contributed by atoms with Crippen molar-refractivity contribution in [2.24, 2.45) is 5.73 Å². The Morgan fingerprint density at radius 1 is 1.33 bits per heavy atom. The molecule has 1 aliphatic rings. The van der Waals surface area contributed by atoms with Crippen LogP contribution < -0.4 is 10.6 Å². The number of hydrogen-bond acceptors (Lipinski definition) is 2. The lowest BCUT2D eigenvalue weighted by molar-refractivity contribution is 0.603. The van der Waals surface area contributed by atoms with Crippen molar-refractivity contribution in [3.05, 3.63) is 29.6 Å². The number of halogens is 1. The minimum absolute atomic E-state index is 0.133. The van der Waals surface area contributed by atoms with E-state index in [1.54, 1.807) is 12.1 Å². The molecule has 3 heteroatoms. The van der Waals surface area contributed by atoms with Crippen LogP contribution in [0.15, 0.2) is 18.2 Å². The molecule has 1 aromatic rings. The van der Waals surface area contributed by atoms with Crippen LogP contribution in [0.3, 0.4) is 0 Å². The highest BCUT2D eigenvalue weighted by molar-refractivity contribution is 5.56. The average Bonchev–Trinajstić information content (AvgIpc) is 2.54. The summed E-state index contributed by atoms with van der Waals surface area (Å²) in [5, 5.41) is 0. The first-order valence-electron chi connectivity index (χ1n) is 6.91. The molecule has 100 valence electrons. The molecule has 2 N–H and O–H groups in total. The molecule has 0 amide bonds. The second kappa shape index (κ2) is 5.70. The summed E-state index contributed by atoms with van der Waals surface area (Å²) in [6.45, 7) is 5.22. The van der Waals surface area contributed by atoms with Crippen molar-refractivity contribution in [2.45, 2.75) is 51.6 Å². The normalized spacial score (nSPS) is 22.7. The zero-order valence-corrected chi connectivity index (χ0v) is 11.3. The van der Waals surface area contributed by atoms with E-state index in [4.69, 9.17) is 5.73 Å². The standard InChI is InChI=1S/C15H23FN2/c1-11-6-4-3-5-9-18(11)15-8-7-13(16)10-14(15)12(2)17/h7-8,10-12H,3-6,9,17H2,1-2H3/t11?,12-/m0/s1. The van der Waals surface area contributed by atoms with E-state index >= 15 is 0 Å². The van der Waals surface area contributed by atoms with Crippen molar-refractivity contribution in [1.29, 1.82) is 0 Å². The van der Waals surface area contributed by atoms with Gasteiger partial charge in [-0.3, -0.25) is 0 Å². The van der Waals surface area contributed by atoms with E-state index in [-0.39, 0.29) is 11.9 Å². The van der Waals surface area contributed by atoms with E-state index in [0.717, 1.165) is 17.8 Å². The third kappa shape index (κ3) is 2.83. The van der Waals surface area contributed by atoms with Crippen LogP contribution in [0.1, 0.15) is 51.1 Å². The Hall–Kier alpha value is -1.09. The van der Waals surface area contributed by atoms with Gasteiger partial charge in [0.25, 0.3) is 0 Å². The summed E-state index contributed by atoms with van der Waals surface area (Å²) in [4.78, 5) is 2.39. The van der Waals surface area contributed by atoms with Gasteiger partial charge in [-0.25, -0.2) is 4.39 Å². The molecule has 1 heterocycles. The highest BCUT2D eigenvalue weighted by Crippen LogP contribution is 2.30. The Bertz CT molecular complexity index is 403. The third-order valence-corrected chi connectivity index (χ3v) is 3.84. The molecule has 2 nitrogen and oxygen atoms in total. The molecular weight excluding hydrogens is 227 g/mol. The second-order valence-electron chi connectivity index (χ2n) is 5.38. The van der Waals surface area contributed by atoms with Crippen molar-refractivity contribution in [3.8, 4) is 0 Å². The minimum atomic E-state index is -0.200. The number of nitrogens with zero attached hydrogens (tertiary/aromatic N) is 1. The van der Waals surface area contributed by atoms with Gasteiger partial charge in [0, 0.05) is 24.3 Å². The molecule has 0 radical (unpaired) electrons. The molecule has 0 aromatic heterocycles. The lowest BCUT2D eigenvalue weighted by atomic mass is 10.0. The predicted octanol–water partition coefficient (Wildman–Crippen LogP) is 3.61. The zero-order valence-electron chi connectivity index (χ0n) is 11.3. The van der Waals surface area contributed by atoms with E-state index < -0.39 is 0 Å². The fourth-order valence-electron chi connectivity index (χ4n) is 2.78. The summed E-state index contributed by atoms with van der Waals surface area (Å²) in [5.41, 5.74) is 8.01. The number of anilines is 1. The number of benzene rings is 1. The van der Waals surface area contributed by atoms with E-state index in [9.17, 15) is 4.39 Å². The maximum atomic E-state index is 13.4. The molecule has 0 saturated carbocycles. The van der Waals surface area contributed by atoms with Crippen LogP contribution in [0.5, 0.6) is 0 Å². The molecule has 1 fully saturated rings. The first-order chi connectivity index (χ1) is 8.59. The van der Waals surface area contributed by atoms with Gasteiger partial charge in [0.05, 0.1) is 0 Å². The van der Waals surface area contributed by atoms with Crippen LogP contribution in [-0.4, -0.2) is 12.6 Å². The number of rotatable bonds is 2. The van der Waals surface area contributed by atoms with Crippen LogP contribution >= 0.6 is 0 Å². The molecule has 1 aromatic carbocycles. The van der Waals surface area contributed by atoms with Crippen molar-refractivity contribution in [3.63, 3.8) is 0 Å². The molecule has 1 aliphatic heterocycles. The Morgan fingerprint density at radius 2 is 2.11 bits per heavy atom. The fourth-order valence-corrected chi connectivity index (χ4v) is 2.78. The van der Waals surface area contributed by atoms with Crippen LogP contribution in [0.2, 0.25) is 0 Å². The van der Waals surface area contributed by atoms with Crippen LogP contribution in [0, 0.1) is 5.82 Å². The summed E-state index contributed by atoms with van der Waals surface area (Å²) in [6, 6.07) is 5.38. The van der Waals surface area contributed by atoms with Crippen molar-refractivity contribution < 1.29 is 4.39 Å². The van der Waals surface area contributed by atoms with Gasteiger partial charge in [0.15, 0.2) is 0 Å². The monoisotopic (exact) mass is 250 g/mol. The largest absolute Gasteiger partial charge is 0.369 e. The average molecular weight is 250 g/mol. The van der Waals surface area contributed by atoms with E-state index in [0.29, 0.717) is 6.04 Å². The maximum Gasteiger partial charge on any atom is 0.123 e. The lowest BCUT2D eigenvalue weighted by Crippen LogP contribution is -2.33. The molecule has 1 unspecified atom stereocenters. The Balaban J connectivity index is 2.36. The Morgan fingerprint density at radius 3 is 2.83 bits per heavy atom. The van der Waals surface area contributed by atoms with Crippen LogP contribution in [0.4, 0.5) is 10.1 Å². The van der Waals surface area contributed by atoms with Gasteiger partial charge in [-0.05, 0) is 50.5 Å². The SMILES string of the molecule is CC1CCCCCN1c1ccc(F)cc1[C@H](C)N. The summed E-state index contributed by atoms with van der Waals surface area (Å²) in [7, 11) is 0. The van der Waals surface area contributed by atoms with E-state index in [1.165, 1.54) is 25.7 Å². The maximum absolute atomic E-state index is 13.4. The van der Waals surface area contributed by atoms with Crippen molar-refractivity contribution >= 4 is 5.69 Å². The number of hydrogen-bond donors (Lipinski definition) is 1. The fraction of sp³-hybridized carbons (Fsp3) is 0.600. The first-order valence-corrected chi connectivity index (χ1v) is 6.91. The quantitative estimate of drug-likeness (QED) is 0.868. The highest BCUT2D eigenvalue weighted by Gasteiger charge is 2.21. The van der Waals surface area contributed by atoms with Crippen LogP contribution in [-0.2, 0) is 0 Å². The topological polar surface area (TPSA) is 29.3 Å². The Labute approximate surface area is 109 Å². The van der Waals surface area contributed by atoms with Crippen molar-refractivity contribution in [2.75, 3.05) is 11.4 Å². The van der Waals surface area contributed by atoms with Gasteiger partial charge in [-0.2, -0.15) is 0 Å². The molecule has 2 atom stereocenters. The summed E-state index contributed by atoms with van der Waals surface area (Å²) >= 11 is 0. The van der Waals surface area contributed by atoms with Gasteiger partial charge in [-0.1, -0.05) is 12.8 Å². The van der Waals surface area contributed by atoms with Crippen LogP contribution in [0.25, 0.3) is 0 Å². The van der Waals surface area contributed by atoms with E-state index in [1.807, 2.05) is 13.0 Å². The third-order valence-electron chi connectivity index (χ3n) is 3.84. The highest BCUT2D eigenvalue weighted by atomic mass is 19.1. The molecule has 0 aliphatic carbocycles. The second-order valence-corrected chi connectivity index (χ2v) is 5.38. The van der Waals surface area contributed by atoms with Crippen molar-refractivity contribution in [1.82, 2.24) is 0 Å². The minimum Gasteiger partial charge on any atom is -0.369 e. The summed E-state index contributed by atoms with van der Waals surface area (Å²) in [5.74, 6) is -0.200. The first kappa shape index (κ1) is 13.3. The molecule has 0 spiro atoms. The molecule has 0 bridgehead atoms.